The van der Waals surface area contributed by atoms with Crippen LogP contribution in [0.25, 0.3) is 0 Å². The van der Waals surface area contributed by atoms with Crippen LogP contribution in [0.3, 0.4) is 0 Å². The number of aliphatic hydroxyl groups excluding tert-OH is 1. The molecular weight excluding hydrogens is 516 g/mol. The average molecular weight is 541 g/mol. The summed E-state index contributed by atoms with van der Waals surface area (Å²) in [6.07, 6.45) is -0.493. The Hall–Kier alpha value is -1.24. The van der Waals surface area contributed by atoms with Crippen LogP contribution in [0, 0.1) is 5.82 Å². The highest BCUT2D eigenvalue weighted by molar-refractivity contribution is 14.0. The molecule has 10 heteroatoms. The summed E-state index contributed by atoms with van der Waals surface area (Å²) in [7, 11) is -3.51. The molecule has 28 heavy (non-hydrogen) atoms. The van der Waals surface area contributed by atoms with Crippen molar-refractivity contribution in [1.82, 2.24) is 10.6 Å². The molecule has 0 aliphatic heterocycles. The molecule has 0 bridgehead atoms. The summed E-state index contributed by atoms with van der Waals surface area (Å²) in [6, 6.07) is 9.56. The zero-order valence-corrected chi connectivity index (χ0v) is 19.4. The number of aliphatic hydroxyl groups is 1. The first-order chi connectivity index (χ1) is 12.9. The number of hydrogen-bond acceptors (Lipinski definition) is 5. The van der Waals surface area contributed by atoms with Crippen molar-refractivity contribution in [3.8, 4) is 0 Å². The van der Waals surface area contributed by atoms with Gasteiger partial charge in [0.25, 0.3) is 0 Å². The van der Waals surface area contributed by atoms with E-state index in [9.17, 15) is 17.9 Å². The molecule has 1 unspecified atom stereocenters. The molecule has 0 fully saturated rings. The minimum atomic E-state index is -3.51. The minimum absolute atomic E-state index is 0. The second-order valence-corrected chi connectivity index (χ2v) is 9.10. The average Bonchev–Trinajstić information content (AvgIpc) is 3.15. The van der Waals surface area contributed by atoms with E-state index in [4.69, 9.17) is 0 Å². The first-order valence-electron chi connectivity index (χ1n) is 8.61. The van der Waals surface area contributed by atoms with Gasteiger partial charge in [-0.3, -0.25) is 4.99 Å². The van der Waals surface area contributed by atoms with E-state index in [1.54, 1.807) is 17.5 Å². The number of rotatable bonds is 9. The third-order valence-corrected chi connectivity index (χ3v) is 6.90. The molecule has 1 aromatic carbocycles. The molecule has 2 aromatic rings. The molecule has 0 aliphatic carbocycles. The minimum Gasteiger partial charge on any atom is -0.390 e. The molecule has 1 heterocycles. The molecule has 6 nitrogen and oxygen atoms in total. The molecule has 0 spiro atoms. The van der Waals surface area contributed by atoms with Gasteiger partial charge in [-0.15, -0.1) is 35.3 Å². The van der Waals surface area contributed by atoms with Crippen LogP contribution in [0.1, 0.15) is 12.5 Å². The number of guanidine groups is 1. The molecule has 1 aromatic heterocycles. The van der Waals surface area contributed by atoms with E-state index in [-0.39, 0.29) is 46.3 Å². The summed E-state index contributed by atoms with van der Waals surface area (Å²) in [4.78, 5) is 4.24. The smallest absolute Gasteiger partial charge is 0.191 e. The van der Waals surface area contributed by atoms with E-state index in [1.807, 2.05) is 13.0 Å². The number of nitrogens with one attached hydrogen (secondary N) is 2. The van der Waals surface area contributed by atoms with Crippen LogP contribution in [0.5, 0.6) is 0 Å². The van der Waals surface area contributed by atoms with Crippen molar-refractivity contribution < 1.29 is 17.9 Å². The lowest BCUT2D eigenvalue weighted by Gasteiger charge is -2.13. The molecule has 3 N–H and O–H groups in total. The zero-order valence-electron chi connectivity index (χ0n) is 15.5. The van der Waals surface area contributed by atoms with Gasteiger partial charge in [0, 0.05) is 13.1 Å². The van der Waals surface area contributed by atoms with Gasteiger partial charge in [-0.2, -0.15) is 0 Å². The number of halogens is 2. The number of nitrogens with zero attached hydrogens (tertiary/aromatic N) is 1. The van der Waals surface area contributed by atoms with E-state index in [0.29, 0.717) is 25.5 Å². The van der Waals surface area contributed by atoms with Gasteiger partial charge in [-0.05, 0) is 42.5 Å². The van der Waals surface area contributed by atoms with E-state index in [0.717, 1.165) is 16.9 Å². The second-order valence-electron chi connectivity index (χ2n) is 5.89. The summed E-state index contributed by atoms with van der Waals surface area (Å²) in [5, 5.41) is 17.9. The quantitative estimate of drug-likeness (QED) is 0.258. The molecule has 0 saturated heterocycles. The van der Waals surface area contributed by atoms with Crippen LogP contribution >= 0.6 is 35.3 Å². The fraction of sp³-hybridized carbons (Fsp3) is 0.389. The summed E-state index contributed by atoms with van der Waals surface area (Å²) in [6.45, 7) is 3.01. The van der Waals surface area contributed by atoms with Crippen molar-refractivity contribution >= 4 is 51.1 Å². The van der Waals surface area contributed by atoms with Gasteiger partial charge in [0.2, 0.25) is 0 Å². The molecular formula is C18H25FIN3O3S2. The number of hydrogen-bond donors (Lipinski definition) is 3. The van der Waals surface area contributed by atoms with Crippen LogP contribution in [0.2, 0.25) is 0 Å². The van der Waals surface area contributed by atoms with Gasteiger partial charge in [0.15, 0.2) is 15.8 Å². The molecule has 0 radical (unpaired) electrons. The Bertz CT molecular complexity index is 846. The first-order valence-corrected chi connectivity index (χ1v) is 11.1. The van der Waals surface area contributed by atoms with E-state index in [2.05, 4.69) is 15.6 Å². The van der Waals surface area contributed by atoms with Crippen molar-refractivity contribution in [2.75, 3.05) is 25.4 Å². The van der Waals surface area contributed by atoms with Crippen molar-refractivity contribution in [2.45, 2.75) is 23.7 Å². The van der Waals surface area contributed by atoms with Crippen molar-refractivity contribution in [3.63, 3.8) is 0 Å². The fourth-order valence-corrected chi connectivity index (χ4v) is 4.85. The third kappa shape index (κ3) is 8.41. The SMILES string of the molecule is CCNC(=NCC(O)CS(=O)(=O)c1cccs1)NCCc1cccc(F)c1.I. The lowest BCUT2D eigenvalue weighted by Crippen LogP contribution is -2.39. The number of thiophene rings is 1. The van der Waals surface area contributed by atoms with Gasteiger partial charge in [-0.25, -0.2) is 12.8 Å². The lowest BCUT2D eigenvalue weighted by molar-refractivity contribution is 0.206. The highest BCUT2D eigenvalue weighted by atomic mass is 127. The van der Waals surface area contributed by atoms with Gasteiger partial charge in [0.05, 0.1) is 18.4 Å². The summed E-state index contributed by atoms with van der Waals surface area (Å²) >= 11 is 1.13. The summed E-state index contributed by atoms with van der Waals surface area (Å²) < 4.78 is 37.8. The zero-order chi connectivity index (χ0) is 19.7. The van der Waals surface area contributed by atoms with Crippen LogP contribution < -0.4 is 10.6 Å². The van der Waals surface area contributed by atoms with Gasteiger partial charge in [0.1, 0.15) is 10.0 Å². The molecule has 0 amide bonds. The highest BCUT2D eigenvalue weighted by Crippen LogP contribution is 2.18. The van der Waals surface area contributed by atoms with Gasteiger partial charge >= 0.3 is 0 Å². The largest absolute Gasteiger partial charge is 0.390 e. The molecule has 1 atom stereocenters. The van der Waals surface area contributed by atoms with Crippen molar-refractivity contribution in [1.29, 1.82) is 0 Å². The van der Waals surface area contributed by atoms with Gasteiger partial charge in [-0.1, -0.05) is 18.2 Å². The number of sulfone groups is 1. The monoisotopic (exact) mass is 541 g/mol. The Labute approximate surface area is 186 Å². The fourth-order valence-electron chi connectivity index (χ4n) is 2.38. The van der Waals surface area contributed by atoms with E-state index >= 15 is 0 Å². The van der Waals surface area contributed by atoms with E-state index < -0.39 is 15.9 Å². The lowest BCUT2D eigenvalue weighted by atomic mass is 10.1. The Morgan fingerprint density at radius 1 is 1.29 bits per heavy atom. The Morgan fingerprint density at radius 2 is 2.07 bits per heavy atom. The normalized spacial score (nSPS) is 12.9. The summed E-state index contributed by atoms with van der Waals surface area (Å²) in [5.41, 5.74) is 0.862. The Kier molecular flexibility index (Phi) is 10.9. The van der Waals surface area contributed by atoms with E-state index in [1.165, 1.54) is 18.2 Å². The topological polar surface area (TPSA) is 90.8 Å². The standard InChI is InChI=1S/C18H24FN3O3S2.HI/c1-2-20-18(21-9-8-14-5-3-6-15(19)11-14)22-12-16(23)13-27(24,25)17-7-4-10-26-17;/h3-7,10-11,16,23H,2,8-9,12-13H2,1H3,(H2,20,21,22);1H. The predicted octanol–water partition coefficient (Wildman–Crippen LogP) is 2.44. The number of aliphatic imine (C=N–C) groups is 1. The maximum absolute atomic E-state index is 13.2. The Morgan fingerprint density at radius 3 is 2.71 bits per heavy atom. The molecule has 156 valence electrons. The summed E-state index contributed by atoms with van der Waals surface area (Å²) in [5.74, 6) is -0.177. The predicted molar refractivity (Wildman–Crippen MR) is 122 cm³/mol. The maximum Gasteiger partial charge on any atom is 0.191 e. The van der Waals surface area contributed by atoms with Crippen LogP contribution in [-0.4, -0.2) is 51.0 Å². The van der Waals surface area contributed by atoms with Crippen LogP contribution in [-0.2, 0) is 16.3 Å². The molecule has 0 aliphatic rings. The first kappa shape index (κ1) is 24.8. The van der Waals surface area contributed by atoms with Crippen molar-refractivity contribution in [3.05, 3.63) is 53.2 Å². The number of benzene rings is 1. The molecule has 0 saturated carbocycles. The Balaban J connectivity index is 0.00000392. The van der Waals surface area contributed by atoms with Gasteiger partial charge < -0.3 is 15.7 Å². The highest BCUT2D eigenvalue weighted by Gasteiger charge is 2.20. The third-order valence-electron chi connectivity index (χ3n) is 3.61. The van der Waals surface area contributed by atoms with Crippen LogP contribution in [0.4, 0.5) is 4.39 Å². The maximum atomic E-state index is 13.2. The second kappa shape index (κ2) is 12.3. The van der Waals surface area contributed by atoms with Crippen LogP contribution in [0.15, 0.2) is 51.0 Å². The van der Waals surface area contributed by atoms with Crippen molar-refractivity contribution in [2.24, 2.45) is 4.99 Å². The molecule has 2 rings (SSSR count).